The highest BCUT2D eigenvalue weighted by atomic mass is 32.2. The zero-order valence-corrected chi connectivity index (χ0v) is 14.8. The fraction of sp³-hybridized carbons (Fsp3) is 0.500. The van der Waals surface area contributed by atoms with Gasteiger partial charge in [-0.1, -0.05) is 42.1 Å². The number of hydrogen-bond acceptors (Lipinski definition) is 8. The molecule has 1 aliphatic heterocycles. The molecule has 2 rings (SSSR count). The Bertz CT molecular complexity index is 647. The molecule has 0 saturated carbocycles. The fourth-order valence-electron chi connectivity index (χ4n) is 2.70. The topological polar surface area (TPSA) is 162 Å². The van der Waals surface area contributed by atoms with Crippen molar-refractivity contribution in [2.75, 3.05) is 6.61 Å². The summed E-state index contributed by atoms with van der Waals surface area (Å²) in [7, 11) is 0. The van der Waals surface area contributed by atoms with Crippen LogP contribution in [0, 0.1) is 0 Å². The standard InChI is InChI=1S/C16H22N2O7S/c1-16(8-5-3-2-4-6-8)25-14(23)13(26-16)10(18-15(17)24)12(22)11(21)9(20)7-19/h2-6,9-13,19-22H,7H2,1H3,(H3,17,18,24)/t9-,10+,11+,12+,13-,16?/m0/s1. The predicted octanol–water partition coefficient (Wildman–Crippen LogP) is -1.37. The summed E-state index contributed by atoms with van der Waals surface area (Å²) < 4.78 is 5.45. The lowest BCUT2D eigenvalue weighted by Crippen LogP contribution is -2.58. The normalized spacial score (nSPS) is 27.3. The number of hydrogen-bond donors (Lipinski definition) is 6. The number of primary amides is 1. The van der Waals surface area contributed by atoms with Crippen LogP contribution in [0.5, 0.6) is 0 Å². The third-order valence-electron chi connectivity index (χ3n) is 4.11. The van der Waals surface area contributed by atoms with Gasteiger partial charge in [-0.2, -0.15) is 0 Å². The van der Waals surface area contributed by atoms with Crippen molar-refractivity contribution >= 4 is 23.8 Å². The van der Waals surface area contributed by atoms with E-state index in [2.05, 4.69) is 5.32 Å². The van der Waals surface area contributed by atoms with Crippen molar-refractivity contribution < 1.29 is 34.8 Å². The van der Waals surface area contributed by atoms with Crippen molar-refractivity contribution in [2.24, 2.45) is 5.73 Å². The minimum atomic E-state index is -1.81. The maximum atomic E-state index is 12.4. The first kappa shape index (κ1) is 20.5. The largest absolute Gasteiger partial charge is 0.443 e. The molecule has 0 spiro atoms. The number of ether oxygens (including phenoxy) is 1. The molecule has 0 aliphatic carbocycles. The van der Waals surface area contributed by atoms with Gasteiger partial charge in [0, 0.05) is 5.56 Å². The molecular weight excluding hydrogens is 364 g/mol. The number of amides is 2. The summed E-state index contributed by atoms with van der Waals surface area (Å²) in [5, 5.41) is 39.9. The molecule has 1 aromatic rings. The number of carbonyl (C=O) groups excluding carboxylic acids is 2. The third-order valence-corrected chi connectivity index (χ3v) is 5.62. The number of nitrogens with one attached hydrogen (secondary N) is 1. The number of nitrogens with two attached hydrogens (primary N) is 1. The summed E-state index contributed by atoms with van der Waals surface area (Å²) in [6.45, 7) is 0.850. The van der Waals surface area contributed by atoms with Crippen molar-refractivity contribution in [1.29, 1.82) is 0 Å². The molecule has 144 valence electrons. The maximum Gasteiger partial charge on any atom is 0.323 e. The first-order chi connectivity index (χ1) is 12.2. The monoisotopic (exact) mass is 386 g/mol. The molecule has 7 N–H and O–H groups in total. The zero-order chi connectivity index (χ0) is 19.5. The van der Waals surface area contributed by atoms with Crippen molar-refractivity contribution in [3.8, 4) is 0 Å². The summed E-state index contributed by atoms with van der Waals surface area (Å²) >= 11 is 1.03. The summed E-state index contributed by atoms with van der Waals surface area (Å²) in [6.07, 6.45) is -5.24. The molecular formula is C16H22N2O7S. The Morgan fingerprint density at radius 3 is 2.46 bits per heavy atom. The van der Waals surface area contributed by atoms with Crippen LogP contribution < -0.4 is 11.1 Å². The van der Waals surface area contributed by atoms with Crippen LogP contribution in [-0.4, -0.2) is 68.6 Å². The molecule has 1 aromatic carbocycles. The third kappa shape index (κ3) is 4.27. The number of benzene rings is 1. The summed E-state index contributed by atoms with van der Waals surface area (Å²) in [5.41, 5.74) is 5.81. The number of aliphatic hydroxyl groups is 4. The number of aliphatic hydroxyl groups excluding tert-OH is 4. The van der Waals surface area contributed by atoms with E-state index >= 15 is 0 Å². The molecule has 26 heavy (non-hydrogen) atoms. The van der Waals surface area contributed by atoms with Gasteiger partial charge in [0.25, 0.3) is 0 Å². The molecule has 0 aromatic heterocycles. The van der Waals surface area contributed by atoms with Gasteiger partial charge in [-0.05, 0) is 6.92 Å². The van der Waals surface area contributed by atoms with E-state index in [1.54, 1.807) is 37.3 Å². The number of urea groups is 1. The van der Waals surface area contributed by atoms with Gasteiger partial charge in [-0.3, -0.25) is 4.79 Å². The lowest BCUT2D eigenvalue weighted by atomic mass is 9.98. The molecule has 0 radical (unpaired) electrons. The Balaban J connectivity index is 2.28. The van der Waals surface area contributed by atoms with E-state index in [1.165, 1.54) is 0 Å². The Morgan fingerprint density at radius 1 is 1.31 bits per heavy atom. The lowest BCUT2D eigenvalue weighted by molar-refractivity contribution is -0.149. The highest BCUT2D eigenvalue weighted by Crippen LogP contribution is 2.47. The van der Waals surface area contributed by atoms with Crippen LogP contribution in [0.25, 0.3) is 0 Å². The molecule has 1 fully saturated rings. The number of esters is 1. The van der Waals surface area contributed by atoms with E-state index < -0.39 is 53.1 Å². The number of carbonyl (C=O) groups is 2. The summed E-state index contributed by atoms with van der Waals surface area (Å²) in [5.74, 6) is -0.718. The number of cyclic esters (lactones) is 1. The maximum absolute atomic E-state index is 12.4. The average molecular weight is 386 g/mol. The lowest BCUT2D eigenvalue weighted by Gasteiger charge is -2.31. The van der Waals surface area contributed by atoms with Crippen molar-refractivity contribution in [3.05, 3.63) is 35.9 Å². The van der Waals surface area contributed by atoms with Crippen LogP contribution >= 0.6 is 11.8 Å². The van der Waals surface area contributed by atoms with Crippen LogP contribution in [0.1, 0.15) is 12.5 Å². The second-order valence-corrected chi connectivity index (χ2v) is 7.56. The Morgan fingerprint density at radius 2 is 1.92 bits per heavy atom. The van der Waals surface area contributed by atoms with E-state index in [0.717, 1.165) is 11.8 Å². The Kier molecular flexibility index (Phi) is 6.48. The first-order valence-electron chi connectivity index (χ1n) is 7.87. The fourth-order valence-corrected chi connectivity index (χ4v) is 4.11. The Labute approximate surface area is 154 Å². The molecule has 6 atom stereocenters. The van der Waals surface area contributed by atoms with E-state index in [0.29, 0.717) is 5.56 Å². The van der Waals surface area contributed by atoms with E-state index in [4.69, 9.17) is 15.6 Å². The molecule has 1 saturated heterocycles. The van der Waals surface area contributed by atoms with Crippen LogP contribution in [0.3, 0.4) is 0 Å². The first-order valence-corrected chi connectivity index (χ1v) is 8.75. The average Bonchev–Trinajstić information content (AvgIpc) is 2.94. The SMILES string of the molecule is CC1(c2ccccc2)OC(=O)[C@H]([C@H](NC(N)=O)[C@@H](O)[C@H](O)[C@@H](O)CO)S1. The van der Waals surface area contributed by atoms with Crippen molar-refractivity contribution in [2.45, 2.75) is 41.5 Å². The van der Waals surface area contributed by atoms with Gasteiger partial charge in [-0.25, -0.2) is 4.79 Å². The van der Waals surface area contributed by atoms with Gasteiger partial charge in [-0.15, -0.1) is 0 Å². The van der Waals surface area contributed by atoms with Gasteiger partial charge in [0.15, 0.2) is 4.93 Å². The molecule has 1 heterocycles. The van der Waals surface area contributed by atoms with Gasteiger partial charge in [0.2, 0.25) is 0 Å². The number of thioether (sulfide) groups is 1. The molecule has 10 heteroatoms. The van der Waals surface area contributed by atoms with Gasteiger partial charge in [0.05, 0.1) is 12.6 Å². The summed E-state index contributed by atoms with van der Waals surface area (Å²) in [4.78, 5) is 22.7. The van der Waals surface area contributed by atoms with Gasteiger partial charge in [0.1, 0.15) is 23.6 Å². The van der Waals surface area contributed by atoms with Crippen molar-refractivity contribution in [1.82, 2.24) is 5.32 Å². The van der Waals surface area contributed by atoms with Crippen molar-refractivity contribution in [3.63, 3.8) is 0 Å². The Hall–Kier alpha value is -1.85. The minimum Gasteiger partial charge on any atom is -0.443 e. The highest BCUT2D eigenvalue weighted by molar-refractivity contribution is 8.01. The van der Waals surface area contributed by atoms with Crippen LogP contribution in [0.15, 0.2) is 30.3 Å². The minimum absolute atomic E-state index is 0.698. The van der Waals surface area contributed by atoms with Crippen LogP contribution in [0.2, 0.25) is 0 Å². The van der Waals surface area contributed by atoms with E-state index in [9.17, 15) is 24.9 Å². The smallest absolute Gasteiger partial charge is 0.323 e. The van der Waals surface area contributed by atoms with E-state index in [-0.39, 0.29) is 0 Å². The van der Waals surface area contributed by atoms with Gasteiger partial charge >= 0.3 is 12.0 Å². The van der Waals surface area contributed by atoms with E-state index in [1.807, 2.05) is 0 Å². The molecule has 1 aliphatic rings. The van der Waals surface area contributed by atoms with Crippen LogP contribution in [0.4, 0.5) is 4.79 Å². The molecule has 1 unspecified atom stereocenters. The van der Waals surface area contributed by atoms with Gasteiger partial charge < -0.3 is 36.2 Å². The molecule has 2 amide bonds. The second-order valence-electron chi connectivity index (χ2n) is 6.04. The zero-order valence-electron chi connectivity index (χ0n) is 14.0. The molecule has 0 bridgehead atoms. The molecule has 9 nitrogen and oxygen atoms in total. The van der Waals surface area contributed by atoms with Crippen LogP contribution in [-0.2, 0) is 14.5 Å². The number of rotatable bonds is 7. The predicted molar refractivity (Wildman–Crippen MR) is 92.9 cm³/mol. The highest BCUT2D eigenvalue weighted by Gasteiger charge is 2.52. The summed E-state index contributed by atoms with van der Waals surface area (Å²) in [6, 6.07) is 6.52. The quantitative estimate of drug-likeness (QED) is 0.313. The second kappa shape index (κ2) is 8.23.